The number of hydrogen-bond acceptors (Lipinski definition) is 3. The van der Waals surface area contributed by atoms with Crippen LogP contribution in [0, 0.1) is 0 Å². The van der Waals surface area contributed by atoms with Crippen LogP contribution in [0.4, 0.5) is 0 Å². The first-order valence-electron chi connectivity index (χ1n) is 2.33. The van der Waals surface area contributed by atoms with Gasteiger partial charge in [0.1, 0.15) is 0 Å². The third-order valence-corrected chi connectivity index (χ3v) is 2.10. The van der Waals surface area contributed by atoms with Crippen LogP contribution >= 0.6 is 0 Å². The molecule has 0 rings (SSSR count). The fourth-order valence-electron chi connectivity index (χ4n) is 0.285. The second-order valence-electron chi connectivity index (χ2n) is 1.55. The van der Waals surface area contributed by atoms with E-state index in [1.807, 2.05) is 0 Å². The predicted molar refractivity (Wildman–Crippen MR) is 33.4 cm³/mol. The molecule has 0 amide bonds. The van der Waals surface area contributed by atoms with Gasteiger partial charge in [0, 0.05) is 13.8 Å². The highest BCUT2D eigenvalue weighted by Crippen LogP contribution is 2.02. The molecule has 0 bridgehead atoms. The van der Waals surface area contributed by atoms with Crippen molar-refractivity contribution in [1.82, 2.24) is 0 Å². The van der Waals surface area contributed by atoms with Gasteiger partial charge >= 0.3 is 0 Å². The molecule has 0 saturated heterocycles. The van der Waals surface area contributed by atoms with E-state index in [0.29, 0.717) is 0 Å². The minimum Gasteiger partial charge on any atom is -0.347 e. The Labute approximate surface area is 51.5 Å². The quantitative estimate of drug-likeness (QED) is 0.462. The lowest BCUT2D eigenvalue weighted by Gasteiger charge is -2.02. The largest absolute Gasteiger partial charge is 0.347 e. The monoisotopic (exact) mass is 139 g/mol. The average Bonchev–Trinajstić information content (AvgIpc) is 1.64. The second-order valence-corrected chi connectivity index (χ2v) is 3.60. The lowest BCUT2D eigenvalue weighted by molar-refractivity contribution is 0.233. The Morgan fingerprint density at radius 1 is 1.12 bits per heavy atom. The maximum Gasteiger partial charge on any atom is 0.248 e. The molecule has 4 heteroatoms. The van der Waals surface area contributed by atoms with Crippen LogP contribution in [-0.4, -0.2) is 25.6 Å². The molecule has 3 nitrogen and oxygen atoms in total. The van der Waals surface area contributed by atoms with Crippen LogP contribution < -0.4 is 0 Å². The van der Waals surface area contributed by atoms with E-state index in [0.717, 1.165) is 0 Å². The van der Waals surface area contributed by atoms with Gasteiger partial charge in [-0.15, -0.1) is 0 Å². The van der Waals surface area contributed by atoms with Gasteiger partial charge in [-0.3, -0.25) is 0 Å². The van der Waals surface area contributed by atoms with E-state index in [-0.39, 0.29) is 0 Å². The highest BCUT2D eigenvalue weighted by atomic mass is 32.2. The first-order valence-corrected chi connectivity index (χ1v) is 3.63. The van der Waals surface area contributed by atoms with Crippen LogP contribution in [-0.2, 0) is 11.2 Å². The molecule has 0 aliphatic carbocycles. The van der Waals surface area contributed by atoms with Gasteiger partial charge in [0.25, 0.3) is 0 Å². The van der Waals surface area contributed by atoms with Crippen molar-refractivity contribution in [2.75, 3.05) is 0 Å². The molecule has 2 unspecified atom stereocenters. The van der Waals surface area contributed by atoms with Crippen molar-refractivity contribution in [1.29, 1.82) is 0 Å². The summed E-state index contributed by atoms with van der Waals surface area (Å²) in [6.45, 7) is 2.88. The van der Waals surface area contributed by atoms with Crippen LogP contribution in [0.3, 0.4) is 0 Å². The molecular weight excluding hydrogens is 128 g/mol. The standard InChI is InChI=1S/C4H11O3S/c1-3(5)8(7)4(2)6/h3-7H,1-2H3/q+1. The summed E-state index contributed by atoms with van der Waals surface area (Å²) in [4.78, 5) is 0. The number of rotatable bonds is 2. The number of aliphatic hydroxyl groups is 2. The molecule has 0 aromatic rings. The lowest BCUT2D eigenvalue weighted by Crippen LogP contribution is -2.26. The van der Waals surface area contributed by atoms with Crippen molar-refractivity contribution >= 4 is 11.2 Å². The van der Waals surface area contributed by atoms with Crippen LogP contribution in [0.15, 0.2) is 0 Å². The van der Waals surface area contributed by atoms with Crippen molar-refractivity contribution in [3.63, 3.8) is 0 Å². The smallest absolute Gasteiger partial charge is 0.248 e. The molecule has 8 heavy (non-hydrogen) atoms. The summed E-state index contributed by atoms with van der Waals surface area (Å²) in [7, 11) is 0. The summed E-state index contributed by atoms with van der Waals surface area (Å²) in [5.41, 5.74) is -1.65. The van der Waals surface area contributed by atoms with Crippen molar-refractivity contribution in [3.05, 3.63) is 0 Å². The van der Waals surface area contributed by atoms with Crippen LogP contribution in [0.5, 0.6) is 0 Å². The molecule has 0 fully saturated rings. The van der Waals surface area contributed by atoms with Gasteiger partial charge in [-0.25, -0.2) is 0 Å². The van der Waals surface area contributed by atoms with E-state index in [9.17, 15) is 0 Å². The van der Waals surface area contributed by atoms with Crippen molar-refractivity contribution in [2.45, 2.75) is 24.7 Å². The summed E-state index contributed by atoms with van der Waals surface area (Å²) in [6, 6.07) is 0. The molecule has 0 spiro atoms. The summed E-state index contributed by atoms with van der Waals surface area (Å²) in [6.07, 6.45) is 0. The minimum atomic E-state index is -1.26. The maximum atomic E-state index is 8.73. The van der Waals surface area contributed by atoms with Gasteiger partial charge in [0.2, 0.25) is 22.0 Å². The zero-order chi connectivity index (χ0) is 6.73. The van der Waals surface area contributed by atoms with Crippen LogP contribution in [0.1, 0.15) is 13.8 Å². The first-order chi connectivity index (χ1) is 3.55. The molecule has 0 radical (unpaired) electrons. The Morgan fingerprint density at radius 3 is 1.38 bits per heavy atom. The Bertz CT molecular complexity index is 56.3. The molecule has 0 heterocycles. The van der Waals surface area contributed by atoms with Crippen molar-refractivity contribution < 1.29 is 14.8 Å². The van der Waals surface area contributed by atoms with Gasteiger partial charge < -0.3 is 10.2 Å². The predicted octanol–water partition coefficient (Wildman–Crippen LogP) is -0.246. The Hall–Kier alpha value is 0.230. The van der Waals surface area contributed by atoms with Gasteiger partial charge in [-0.2, -0.15) is 4.55 Å². The molecule has 0 aliphatic heterocycles. The number of hydrogen-bond donors (Lipinski definition) is 3. The molecule has 0 saturated carbocycles. The van der Waals surface area contributed by atoms with Gasteiger partial charge in [0.15, 0.2) is 0 Å². The molecule has 3 N–H and O–H groups in total. The fraction of sp³-hybridized carbons (Fsp3) is 1.00. The van der Waals surface area contributed by atoms with Gasteiger partial charge in [0.05, 0.1) is 0 Å². The number of aliphatic hydroxyl groups excluding tert-OH is 2. The highest BCUT2D eigenvalue weighted by Gasteiger charge is 2.28. The summed E-state index contributed by atoms with van der Waals surface area (Å²) in [5, 5.41) is 17.2. The fourth-order valence-corrected chi connectivity index (χ4v) is 0.855. The van der Waals surface area contributed by atoms with Gasteiger partial charge in [-0.05, 0) is 0 Å². The van der Waals surface area contributed by atoms with Gasteiger partial charge in [-0.1, -0.05) is 0 Å². The topological polar surface area (TPSA) is 60.7 Å². The van der Waals surface area contributed by atoms with E-state index in [1.54, 1.807) is 0 Å². The molecule has 50 valence electrons. The van der Waals surface area contributed by atoms with Crippen LogP contribution in [0.2, 0.25) is 0 Å². The molecule has 0 aliphatic rings. The SMILES string of the molecule is CC(O)[S+](O)C(C)O. The van der Waals surface area contributed by atoms with Crippen molar-refractivity contribution in [2.24, 2.45) is 0 Å². The average molecular weight is 139 g/mol. The van der Waals surface area contributed by atoms with E-state index in [1.165, 1.54) is 13.8 Å². The van der Waals surface area contributed by atoms with Crippen molar-refractivity contribution in [3.8, 4) is 0 Å². The van der Waals surface area contributed by atoms with E-state index >= 15 is 0 Å². The Kier molecular flexibility index (Phi) is 3.39. The summed E-state index contributed by atoms with van der Waals surface area (Å²) >= 11 is -1.26. The third kappa shape index (κ3) is 2.52. The maximum absolute atomic E-state index is 8.73. The van der Waals surface area contributed by atoms with E-state index in [2.05, 4.69) is 0 Å². The third-order valence-electron chi connectivity index (χ3n) is 0.699. The molecule has 2 atom stereocenters. The zero-order valence-corrected chi connectivity index (χ0v) is 5.72. The van der Waals surface area contributed by atoms with E-state index in [4.69, 9.17) is 14.8 Å². The highest BCUT2D eigenvalue weighted by molar-refractivity contribution is 7.92. The lowest BCUT2D eigenvalue weighted by atomic mass is 10.9. The Balaban J connectivity index is 3.46. The molecule has 0 aromatic carbocycles. The molecular formula is C4H11O3S+. The molecule has 0 aromatic heterocycles. The summed E-state index contributed by atoms with van der Waals surface area (Å²) in [5.74, 6) is 0. The second kappa shape index (κ2) is 3.29. The van der Waals surface area contributed by atoms with Crippen LogP contribution in [0.25, 0.3) is 0 Å². The Morgan fingerprint density at radius 2 is 1.38 bits per heavy atom. The normalized spacial score (nSPS) is 22.1. The summed E-state index contributed by atoms with van der Waals surface area (Å²) < 4.78 is 8.73. The van der Waals surface area contributed by atoms with E-state index < -0.39 is 22.0 Å². The zero-order valence-electron chi connectivity index (χ0n) is 4.90. The minimum absolute atomic E-state index is 0.824. The first kappa shape index (κ1) is 8.23.